The number of hydrogen-bond donors (Lipinski definition) is 3. The van der Waals surface area contributed by atoms with E-state index in [0.717, 1.165) is 12.1 Å². The maximum Gasteiger partial charge on any atom is 0.244 e. The molecule has 0 spiro atoms. The van der Waals surface area contributed by atoms with E-state index in [1.165, 1.54) is 0 Å². The van der Waals surface area contributed by atoms with Crippen LogP contribution in [0.4, 0.5) is 5.69 Å². The molecule has 0 aliphatic carbocycles. The molecule has 2 amide bonds. The van der Waals surface area contributed by atoms with Gasteiger partial charge in [0.25, 0.3) is 0 Å². The molecule has 0 bridgehead atoms. The van der Waals surface area contributed by atoms with Gasteiger partial charge in [-0.25, -0.2) is 0 Å². The van der Waals surface area contributed by atoms with Gasteiger partial charge in [0.1, 0.15) is 12.1 Å². The second-order valence-corrected chi connectivity index (χ2v) is 7.44. The molecule has 3 N–H and O–H groups in total. The number of carbonyl (C=O) groups is 2. The lowest BCUT2D eigenvalue weighted by Gasteiger charge is -2.38. The van der Waals surface area contributed by atoms with Gasteiger partial charge in [-0.3, -0.25) is 14.5 Å². The normalized spacial score (nSPS) is 32.3. The Hall–Kier alpha value is -2.00. The van der Waals surface area contributed by atoms with Crippen LogP contribution in [0.15, 0.2) is 30.3 Å². The highest BCUT2D eigenvalue weighted by Crippen LogP contribution is 2.25. The van der Waals surface area contributed by atoms with E-state index in [4.69, 9.17) is 0 Å². The minimum absolute atomic E-state index is 0.122. The molecule has 1 aromatic rings. The second kappa shape index (κ2) is 7.55. The predicted octanol–water partition coefficient (Wildman–Crippen LogP) is -1.37. The van der Waals surface area contributed by atoms with Crippen molar-refractivity contribution in [1.29, 1.82) is 0 Å². The van der Waals surface area contributed by atoms with Crippen LogP contribution in [-0.4, -0.2) is 95.4 Å². The van der Waals surface area contributed by atoms with E-state index in [1.807, 2.05) is 35.2 Å². The standard InChI is InChI=1S/C19H26N4O4/c24-15-12-20-16(17(15)25)19(27)22-10-8-21(9-11-22)14-6-7-23(18(14)26)13-4-2-1-3-5-13/h1-5,14-17,20,24-25H,6-12H2/t14?,15-,16-,17-/m1/s1. The van der Waals surface area contributed by atoms with E-state index < -0.39 is 18.2 Å². The maximum absolute atomic E-state index is 12.8. The van der Waals surface area contributed by atoms with Crippen molar-refractivity contribution in [3.05, 3.63) is 30.3 Å². The summed E-state index contributed by atoms with van der Waals surface area (Å²) >= 11 is 0. The van der Waals surface area contributed by atoms with Gasteiger partial charge < -0.3 is 25.3 Å². The van der Waals surface area contributed by atoms with E-state index in [9.17, 15) is 19.8 Å². The molecule has 146 valence electrons. The number of hydrogen-bond acceptors (Lipinski definition) is 6. The highest BCUT2D eigenvalue weighted by Gasteiger charge is 2.42. The van der Waals surface area contributed by atoms with Crippen molar-refractivity contribution in [2.24, 2.45) is 0 Å². The summed E-state index contributed by atoms with van der Waals surface area (Å²) in [6.07, 6.45) is -1.18. The molecule has 27 heavy (non-hydrogen) atoms. The first-order valence-electron chi connectivity index (χ1n) is 9.55. The molecule has 3 aliphatic rings. The first kappa shape index (κ1) is 18.4. The summed E-state index contributed by atoms with van der Waals surface area (Å²) < 4.78 is 0. The van der Waals surface area contributed by atoms with Gasteiger partial charge in [-0.05, 0) is 18.6 Å². The molecule has 8 heteroatoms. The average molecular weight is 374 g/mol. The van der Waals surface area contributed by atoms with Crippen LogP contribution < -0.4 is 10.2 Å². The number of amides is 2. The number of aliphatic hydroxyl groups is 2. The van der Waals surface area contributed by atoms with E-state index in [1.54, 1.807) is 4.90 Å². The second-order valence-electron chi connectivity index (χ2n) is 7.44. The van der Waals surface area contributed by atoms with Crippen molar-refractivity contribution in [3.8, 4) is 0 Å². The Morgan fingerprint density at radius 1 is 1.04 bits per heavy atom. The number of para-hydroxylation sites is 1. The number of aliphatic hydroxyl groups excluding tert-OH is 2. The third-order valence-corrected chi connectivity index (χ3v) is 5.86. The van der Waals surface area contributed by atoms with Crippen LogP contribution in [0, 0.1) is 0 Å². The molecule has 0 saturated carbocycles. The summed E-state index contributed by atoms with van der Waals surface area (Å²) in [4.78, 5) is 31.1. The average Bonchev–Trinajstić information content (AvgIpc) is 3.25. The molecule has 8 nitrogen and oxygen atoms in total. The minimum atomic E-state index is -1.06. The number of nitrogens with one attached hydrogen (secondary N) is 1. The number of anilines is 1. The quantitative estimate of drug-likeness (QED) is 0.604. The number of carbonyl (C=O) groups excluding carboxylic acids is 2. The van der Waals surface area contributed by atoms with Gasteiger partial charge in [0.2, 0.25) is 11.8 Å². The predicted molar refractivity (Wildman–Crippen MR) is 99.2 cm³/mol. The van der Waals surface area contributed by atoms with E-state index in [0.29, 0.717) is 32.7 Å². The summed E-state index contributed by atoms with van der Waals surface area (Å²) in [5, 5.41) is 22.4. The fourth-order valence-electron chi connectivity index (χ4n) is 4.26. The van der Waals surface area contributed by atoms with Crippen LogP contribution in [0.1, 0.15) is 6.42 Å². The topological polar surface area (TPSA) is 96.3 Å². The van der Waals surface area contributed by atoms with Crippen LogP contribution in [0.2, 0.25) is 0 Å². The van der Waals surface area contributed by atoms with Gasteiger partial charge in [-0.15, -0.1) is 0 Å². The summed E-state index contributed by atoms with van der Waals surface area (Å²) in [5.41, 5.74) is 0.929. The summed E-state index contributed by atoms with van der Waals surface area (Å²) in [6, 6.07) is 8.82. The van der Waals surface area contributed by atoms with Crippen LogP contribution in [-0.2, 0) is 9.59 Å². The first-order valence-corrected chi connectivity index (χ1v) is 9.55. The molecule has 3 heterocycles. The van der Waals surface area contributed by atoms with E-state index in [-0.39, 0.29) is 24.4 Å². The molecular weight excluding hydrogens is 348 g/mol. The van der Waals surface area contributed by atoms with Crippen molar-refractivity contribution >= 4 is 17.5 Å². The lowest BCUT2D eigenvalue weighted by atomic mass is 10.1. The number of benzene rings is 1. The molecule has 0 aromatic heterocycles. The zero-order valence-electron chi connectivity index (χ0n) is 15.2. The Bertz CT molecular complexity index is 692. The number of nitrogens with zero attached hydrogens (tertiary/aromatic N) is 3. The zero-order valence-corrected chi connectivity index (χ0v) is 15.2. The van der Waals surface area contributed by atoms with Crippen molar-refractivity contribution in [3.63, 3.8) is 0 Å². The maximum atomic E-state index is 12.8. The molecular formula is C19H26N4O4. The first-order chi connectivity index (χ1) is 13.1. The molecule has 1 aromatic carbocycles. The Balaban J connectivity index is 1.33. The fourth-order valence-corrected chi connectivity index (χ4v) is 4.26. The third kappa shape index (κ3) is 3.45. The van der Waals surface area contributed by atoms with Gasteiger partial charge in [0.05, 0.1) is 12.1 Å². The smallest absolute Gasteiger partial charge is 0.244 e. The van der Waals surface area contributed by atoms with Crippen LogP contribution in [0.3, 0.4) is 0 Å². The van der Waals surface area contributed by atoms with Crippen LogP contribution in [0.25, 0.3) is 0 Å². The van der Waals surface area contributed by atoms with Crippen molar-refractivity contribution in [2.75, 3.05) is 44.2 Å². The molecule has 1 unspecified atom stereocenters. The largest absolute Gasteiger partial charge is 0.389 e. The SMILES string of the molecule is O=C([C@@H]1NC[C@@H](O)[C@H]1O)N1CCN(C2CCN(c3ccccc3)C2=O)CC1. The number of β-amino-alcohol motifs (C(OH)–C–C–N with tert-alkyl or cyclic N) is 1. The Kier molecular flexibility index (Phi) is 5.14. The monoisotopic (exact) mass is 374 g/mol. The Morgan fingerprint density at radius 2 is 1.74 bits per heavy atom. The molecule has 4 rings (SSSR count). The summed E-state index contributed by atoms with van der Waals surface area (Å²) in [5.74, 6) is -0.0562. The van der Waals surface area contributed by atoms with Crippen LogP contribution >= 0.6 is 0 Å². The third-order valence-electron chi connectivity index (χ3n) is 5.86. The number of piperazine rings is 1. The van der Waals surface area contributed by atoms with Crippen LogP contribution in [0.5, 0.6) is 0 Å². The molecule has 3 fully saturated rings. The lowest BCUT2D eigenvalue weighted by Crippen LogP contribution is -2.57. The Labute approximate surface area is 158 Å². The molecule has 3 saturated heterocycles. The summed E-state index contributed by atoms with van der Waals surface area (Å²) in [6.45, 7) is 3.25. The molecule has 0 radical (unpaired) electrons. The fraction of sp³-hybridized carbons (Fsp3) is 0.579. The molecule has 4 atom stereocenters. The van der Waals surface area contributed by atoms with Gasteiger partial charge >= 0.3 is 0 Å². The number of rotatable bonds is 3. The lowest BCUT2D eigenvalue weighted by molar-refractivity contribution is -0.138. The minimum Gasteiger partial charge on any atom is -0.389 e. The van der Waals surface area contributed by atoms with Gasteiger partial charge in [-0.1, -0.05) is 18.2 Å². The summed E-state index contributed by atoms with van der Waals surface area (Å²) in [7, 11) is 0. The van der Waals surface area contributed by atoms with Gasteiger partial charge in [-0.2, -0.15) is 0 Å². The zero-order chi connectivity index (χ0) is 19.0. The van der Waals surface area contributed by atoms with Crippen molar-refractivity contribution in [1.82, 2.24) is 15.1 Å². The van der Waals surface area contributed by atoms with Crippen molar-refractivity contribution in [2.45, 2.75) is 30.7 Å². The van der Waals surface area contributed by atoms with E-state index in [2.05, 4.69) is 10.2 Å². The highest BCUT2D eigenvalue weighted by molar-refractivity contribution is 5.99. The Morgan fingerprint density at radius 3 is 2.37 bits per heavy atom. The van der Waals surface area contributed by atoms with E-state index >= 15 is 0 Å². The van der Waals surface area contributed by atoms with Gasteiger partial charge in [0, 0.05) is 45.0 Å². The van der Waals surface area contributed by atoms with Gasteiger partial charge in [0.15, 0.2) is 0 Å². The van der Waals surface area contributed by atoms with Crippen molar-refractivity contribution < 1.29 is 19.8 Å². The highest BCUT2D eigenvalue weighted by atomic mass is 16.3. The molecule has 3 aliphatic heterocycles.